The second-order valence-electron chi connectivity index (χ2n) is 17.7. The molecular weight excluding hydrogens is 799 g/mol. The average molecular weight is 846 g/mol. The molecule has 3 heteroatoms. The first-order valence-corrected chi connectivity index (χ1v) is 23.0. The zero-order chi connectivity index (χ0) is 44.2. The van der Waals surface area contributed by atoms with Crippen molar-refractivity contribution in [3.63, 3.8) is 0 Å². The van der Waals surface area contributed by atoms with Gasteiger partial charge in [0.15, 0.2) is 0 Å². The number of hydrogen-bond donors (Lipinski definition) is 2. The Bertz CT molecular complexity index is 3450. The summed E-state index contributed by atoms with van der Waals surface area (Å²) in [6, 6.07) is 80.6. The maximum atomic E-state index is 8.81. The molecule has 0 bridgehead atoms. The molecule has 13 rings (SSSR count). The Morgan fingerprint density at radius 3 is 1.65 bits per heavy atom. The van der Waals surface area contributed by atoms with Crippen molar-refractivity contribution in [1.29, 1.82) is 5.41 Å². The van der Waals surface area contributed by atoms with E-state index < -0.39 is 5.41 Å². The molecule has 1 heterocycles. The van der Waals surface area contributed by atoms with E-state index in [1.54, 1.807) is 0 Å². The Kier molecular flexibility index (Phi) is 9.57. The summed E-state index contributed by atoms with van der Waals surface area (Å²) in [6.45, 7) is 0. The molecule has 1 aliphatic heterocycles. The summed E-state index contributed by atoms with van der Waals surface area (Å²) < 4.78 is 0. The van der Waals surface area contributed by atoms with E-state index in [1.165, 1.54) is 77.2 Å². The Morgan fingerprint density at radius 1 is 0.485 bits per heavy atom. The SMILES string of the molecule is N=C(N)c1cccc2c1-c1cc(C3=Cc4c(c5ccccc5c5ccccc45)CC3)ccc1C21c2ccccc2N(c2ccccc2)c2ccccc21.c1ccc(Cc2ccccc2)cc1. The lowest BCUT2D eigenvalue weighted by molar-refractivity contribution is 0.752. The third kappa shape index (κ3) is 6.23. The van der Waals surface area contributed by atoms with Crippen molar-refractivity contribution < 1.29 is 0 Å². The number of anilines is 3. The van der Waals surface area contributed by atoms with Gasteiger partial charge in [0.05, 0.1) is 16.8 Å². The van der Waals surface area contributed by atoms with Crippen molar-refractivity contribution in [2.75, 3.05) is 4.90 Å². The predicted molar refractivity (Wildman–Crippen MR) is 276 cm³/mol. The van der Waals surface area contributed by atoms with Crippen molar-refractivity contribution in [2.24, 2.45) is 5.73 Å². The first-order valence-electron chi connectivity index (χ1n) is 23.0. The third-order valence-electron chi connectivity index (χ3n) is 14.1. The number of benzene rings is 10. The van der Waals surface area contributed by atoms with Gasteiger partial charge in [-0.15, -0.1) is 0 Å². The third-order valence-corrected chi connectivity index (χ3v) is 14.1. The molecule has 314 valence electrons. The number of allylic oxidation sites excluding steroid dienone is 1. The highest BCUT2D eigenvalue weighted by molar-refractivity contribution is 6.15. The van der Waals surface area contributed by atoms with Crippen LogP contribution in [0.5, 0.6) is 0 Å². The normalized spacial score (nSPS) is 13.7. The summed E-state index contributed by atoms with van der Waals surface area (Å²) in [5.41, 5.74) is 25.2. The van der Waals surface area contributed by atoms with Gasteiger partial charge in [0, 0.05) is 11.3 Å². The summed E-state index contributed by atoms with van der Waals surface area (Å²) in [4.78, 5) is 2.40. The Labute approximate surface area is 386 Å². The minimum atomic E-state index is -0.601. The van der Waals surface area contributed by atoms with E-state index in [1.807, 2.05) is 6.07 Å². The van der Waals surface area contributed by atoms with Gasteiger partial charge in [0.1, 0.15) is 5.84 Å². The molecule has 0 unspecified atom stereocenters. The van der Waals surface area contributed by atoms with Crippen LogP contribution in [0.1, 0.15) is 62.1 Å². The van der Waals surface area contributed by atoms with Gasteiger partial charge in [-0.3, -0.25) is 5.41 Å². The molecule has 10 aromatic carbocycles. The second kappa shape index (κ2) is 16.1. The largest absolute Gasteiger partial charge is 0.384 e. The van der Waals surface area contributed by atoms with E-state index in [9.17, 15) is 0 Å². The van der Waals surface area contributed by atoms with Crippen molar-refractivity contribution in [3.05, 3.63) is 280 Å². The number of nitrogens with two attached hydrogens (primary N) is 1. The minimum Gasteiger partial charge on any atom is -0.384 e. The van der Waals surface area contributed by atoms with E-state index in [4.69, 9.17) is 11.1 Å². The number of aryl methyl sites for hydroxylation is 1. The maximum Gasteiger partial charge on any atom is 0.123 e. The van der Waals surface area contributed by atoms with Crippen molar-refractivity contribution in [3.8, 4) is 11.1 Å². The predicted octanol–water partition coefficient (Wildman–Crippen LogP) is 15.2. The lowest BCUT2D eigenvalue weighted by Crippen LogP contribution is -2.36. The molecule has 0 aromatic heterocycles. The molecule has 2 aliphatic carbocycles. The number of amidine groups is 1. The van der Waals surface area contributed by atoms with Crippen LogP contribution in [0.15, 0.2) is 224 Å². The molecule has 0 radical (unpaired) electrons. The van der Waals surface area contributed by atoms with Gasteiger partial charge in [0.2, 0.25) is 0 Å². The van der Waals surface area contributed by atoms with Crippen LogP contribution >= 0.6 is 0 Å². The molecule has 0 saturated carbocycles. The summed E-state index contributed by atoms with van der Waals surface area (Å²) in [5.74, 6) is 0.0858. The van der Waals surface area contributed by atoms with Gasteiger partial charge in [-0.05, 0) is 138 Å². The fourth-order valence-electron chi connectivity index (χ4n) is 11.3. The molecule has 1 spiro atoms. The Morgan fingerprint density at radius 2 is 1.02 bits per heavy atom. The summed E-state index contributed by atoms with van der Waals surface area (Å²) >= 11 is 0. The Balaban J connectivity index is 0.000000303. The number of para-hydroxylation sites is 3. The zero-order valence-corrected chi connectivity index (χ0v) is 36.6. The number of rotatable bonds is 5. The summed E-state index contributed by atoms with van der Waals surface area (Å²) in [6.07, 6.45) is 5.42. The number of nitrogens with zero attached hydrogens (tertiary/aromatic N) is 1. The lowest BCUT2D eigenvalue weighted by Gasteiger charge is -2.45. The molecule has 3 aliphatic rings. The van der Waals surface area contributed by atoms with E-state index in [-0.39, 0.29) is 5.84 Å². The summed E-state index contributed by atoms with van der Waals surface area (Å²) in [5, 5.41) is 14.1. The molecule has 0 fully saturated rings. The highest BCUT2D eigenvalue weighted by Gasteiger charge is 2.52. The van der Waals surface area contributed by atoms with Crippen LogP contribution in [0, 0.1) is 5.41 Å². The minimum absolute atomic E-state index is 0.0858. The fraction of sp³-hybridized carbons (Fsp3) is 0.0635. The van der Waals surface area contributed by atoms with Crippen LogP contribution in [0.3, 0.4) is 0 Å². The van der Waals surface area contributed by atoms with Gasteiger partial charge < -0.3 is 10.6 Å². The van der Waals surface area contributed by atoms with Gasteiger partial charge in [-0.25, -0.2) is 0 Å². The zero-order valence-electron chi connectivity index (χ0n) is 36.6. The first kappa shape index (κ1) is 39.3. The van der Waals surface area contributed by atoms with E-state index >= 15 is 0 Å². The van der Waals surface area contributed by atoms with Gasteiger partial charge in [0.25, 0.3) is 0 Å². The molecule has 0 saturated heterocycles. The van der Waals surface area contributed by atoms with E-state index in [0.717, 1.165) is 53.0 Å². The van der Waals surface area contributed by atoms with Crippen LogP contribution in [-0.4, -0.2) is 5.84 Å². The number of hydrogen-bond acceptors (Lipinski definition) is 2. The van der Waals surface area contributed by atoms with Crippen LogP contribution in [-0.2, 0) is 18.3 Å². The molecule has 3 nitrogen and oxygen atoms in total. The molecule has 0 atom stereocenters. The van der Waals surface area contributed by atoms with Crippen LogP contribution in [0.2, 0.25) is 0 Å². The number of nitrogens with one attached hydrogen (secondary N) is 1. The fourth-order valence-corrected chi connectivity index (χ4v) is 11.3. The van der Waals surface area contributed by atoms with Crippen molar-refractivity contribution in [2.45, 2.75) is 24.7 Å². The average Bonchev–Trinajstić information content (AvgIpc) is 3.67. The molecular formula is C63H47N3. The Hall–Kier alpha value is -8.27. The topological polar surface area (TPSA) is 53.1 Å². The van der Waals surface area contributed by atoms with Gasteiger partial charge >= 0.3 is 0 Å². The number of fused-ring (bicyclic) bond motifs is 15. The lowest BCUT2D eigenvalue weighted by atomic mass is 9.64. The quantitative estimate of drug-likeness (QED) is 0.103. The smallest absolute Gasteiger partial charge is 0.123 e. The van der Waals surface area contributed by atoms with Gasteiger partial charge in [-0.2, -0.15) is 0 Å². The summed E-state index contributed by atoms with van der Waals surface area (Å²) in [7, 11) is 0. The van der Waals surface area contributed by atoms with Gasteiger partial charge in [-0.1, -0.05) is 200 Å². The molecule has 3 N–H and O–H groups in total. The van der Waals surface area contributed by atoms with Crippen LogP contribution in [0.25, 0.3) is 44.3 Å². The van der Waals surface area contributed by atoms with E-state index in [0.29, 0.717) is 0 Å². The van der Waals surface area contributed by atoms with Crippen LogP contribution in [0.4, 0.5) is 17.1 Å². The van der Waals surface area contributed by atoms with Crippen molar-refractivity contribution >= 4 is 56.1 Å². The monoisotopic (exact) mass is 845 g/mol. The molecule has 66 heavy (non-hydrogen) atoms. The van der Waals surface area contributed by atoms with Crippen molar-refractivity contribution in [1.82, 2.24) is 0 Å². The number of nitrogen functional groups attached to an aromatic ring is 1. The first-order chi connectivity index (χ1) is 32.6. The second-order valence-corrected chi connectivity index (χ2v) is 17.7. The molecule has 10 aromatic rings. The molecule has 0 amide bonds. The highest BCUT2D eigenvalue weighted by Crippen LogP contribution is 2.64. The standard InChI is InChI=1S/C50H35N3.C13H12/c51-49(52)39-19-12-22-45-48(39)41-30-32(31-25-27-38-36-17-5-4-15-34(36)35-16-6-7-18-37(35)40(38)29-31)26-28-42(41)50(45)43-20-8-10-23-46(43)53(33-13-2-1-3-14-33)47-24-11-9-21-44(47)50;1-3-7-12(8-4-1)11-13-9-5-2-6-10-13/h1-24,26,28-30H,25,27H2,(H3,51,52);1-10H,11H2. The van der Waals surface area contributed by atoms with E-state index in [2.05, 4.69) is 229 Å². The maximum absolute atomic E-state index is 8.81. The van der Waals surface area contributed by atoms with Crippen LogP contribution < -0.4 is 10.6 Å². The highest BCUT2D eigenvalue weighted by atomic mass is 15.2.